The molecule has 1 aliphatic heterocycles. The number of rotatable bonds is 6. The van der Waals surface area contributed by atoms with Gasteiger partial charge in [-0.25, -0.2) is 16.8 Å². The van der Waals surface area contributed by atoms with Crippen LogP contribution < -0.4 is 4.72 Å². The molecule has 1 aliphatic rings. The quantitative estimate of drug-likeness (QED) is 0.774. The van der Waals surface area contributed by atoms with Gasteiger partial charge >= 0.3 is 0 Å². The fourth-order valence-corrected chi connectivity index (χ4v) is 5.44. The van der Waals surface area contributed by atoms with E-state index in [0.29, 0.717) is 13.1 Å². The summed E-state index contributed by atoms with van der Waals surface area (Å²) in [7, 11) is -7.39. The smallest absolute Gasteiger partial charge is 0.255 e. The standard InChI is InChI=1S/C20H24N2O4S2/c1-17-8-10-18(11-9-17)12-15-27(23,24)21-19-6-5-7-20(16-19)28(25,26)22-13-3-2-4-14-22/h5-12,15-16,21H,2-4,13-14H2,1H3/b15-12+. The van der Waals surface area contributed by atoms with Gasteiger partial charge in [-0.15, -0.1) is 0 Å². The van der Waals surface area contributed by atoms with Gasteiger partial charge in [-0.05, 0) is 49.6 Å². The topological polar surface area (TPSA) is 83.5 Å². The van der Waals surface area contributed by atoms with Gasteiger partial charge in [0, 0.05) is 13.1 Å². The van der Waals surface area contributed by atoms with Crippen LogP contribution in [0.2, 0.25) is 0 Å². The fraction of sp³-hybridized carbons (Fsp3) is 0.300. The maximum atomic E-state index is 12.8. The molecule has 28 heavy (non-hydrogen) atoms. The summed E-state index contributed by atoms with van der Waals surface area (Å²) < 4.78 is 54.1. The molecule has 0 aromatic heterocycles. The summed E-state index contributed by atoms with van der Waals surface area (Å²) in [6, 6.07) is 13.4. The summed E-state index contributed by atoms with van der Waals surface area (Å²) in [5.74, 6) is 0. The van der Waals surface area contributed by atoms with E-state index in [0.717, 1.165) is 35.8 Å². The summed E-state index contributed by atoms with van der Waals surface area (Å²) in [6.45, 7) is 2.95. The second kappa shape index (κ2) is 8.46. The number of piperidine rings is 1. The van der Waals surface area contributed by atoms with Crippen LogP contribution in [-0.2, 0) is 20.0 Å². The van der Waals surface area contributed by atoms with Crippen LogP contribution in [0.5, 0.6) is 0 Å². The maximum Gasteiger partial charge on any atom is 0.255 e. The highest BCUT2D eigenvalue weighted by molar-refractivity contribution is 7.95. The molecule has 1 fully saturated rings. The number of sulfonamides is 2. The molecule has 1 heterocycles. The first-order chi connectivity index (χ1) is 13.3. The summed E-state index contributed by atoms with van der Waals surface area (Å²) in [5, 5.41) is 1.07. The van der Waals surface area contributed by atoms with Crippen molar-refractivity contribution < 1.29 is 16.8 Å². The summed E-state index contributed by atoms with van der Waals surface area (Å²) >= 11 is 0. The van der Waals surface area contributed by atoms with Gasteiger partial charge in [0.1, 0.15) is 0 Å². The maximum absolute atomic E-state index is 12.8. The summed E-state index contributed by atoms with van der Waals surface area (Å²) in [6.07, 6.45) is 4.21. The molecule has 0 bridgehead atoms. The molecule has 1 saturated heterocycles. The van der Waals surface area contributed by atoms with Gasteiger partial charge in [0.05, 0.1) is 16.0 Å². The second-order valence-electron chi connectivity index (χ2n) is 6.85. The van der Waals surface area contributed by atoms with Crippen LogP contribution in [0.1, 0.15) is 30.4 Å². The molecule has 0 amide bonds. The first-order valence-corrected chi connectivity index (χ1v) is 12.1. The highest BCUT2D eigenvalue weighted by atomic mass is 32.2. The molecule has 0 saturated carbocycles. The van der Waals surface area contributed by atoms with Crippen LogP contribution >= 0.6 is 0 Å². The Morgan fingerprint density at radius 1 is 0.929 bits per heavy atom. The van der Waals surface area contributed by atoms with E-state index in [-0.39, 0.29) is 10.6 Å². The Labute approximate surface area is 167 Å². The SMILES string of the molecule is Cc1ccc(/C=C/S(=O)(=O)Nc2cccc(S(=O)(=O)N3CCCCC3)c2)cc1. The Bertz CT molecular complexity index is 1050. The van der Waals surface area contributed by atoms with Gasteiger partial charge < -0.3 is 0 Å². The molecule has 3 rings (SSSR count). The van der Waals surface area contributed by atoms with E-state index in [9.17, 15) is 16.8 Å². The van der Waals surface area contributed by atoms with Crippen molar-refractivity contribution >= 4 is 31.8 Å². The van der Waals surface area contributed by atoms with E-state index < -0.39 is 20.0 Å². The lowest BCUT2D eigenvalue weighted by Gasteiger charge is -2.26. The minimum atomic E-state index is -3.77. The van der Waals surface area contributed by atoms with Crippen LogP contribution in [0.25, 0.3) is 6.08 Å². The Kier molecular flexibility index (Phi) is 6.22. The molecule has 0 unspecified atom stereocenters. The average molecular weight is 421 g/mol. The molecule has 150 valence electrons. The molecule has 0 aliphatic carbocycles. The van der Waals surface area contributed by atoms with E-state index in [1.54, 1.807) is 6.07 Å². The van der Waals surface area contributed by atoms with E-state index in [2.05, 4.69) is 4.72 Å². The molecular weight excluding hydrogens is 396 g/mol. The van der Waals surface area contributed by atoms with Crippen molar-refractivity contribution in [1.29, 1.82) is 0 Å². The zero-order valence-electron chi connectivity index (χ0n) is 15.7. The molecule has 2 aromatic rings. The third-order valence-electron chi connectivity index (χ3n) is 4.56. The lowest BCUT2D eigenvalue weighted by molar-refractivity contribution is 0.346. The number of nitrogens with one attached hydrogen (secondary N) is 1. The largest absolute Gasteiger partial charge is 0.280 e. The molecule has 1 N–H and O–H groups in total. The molecule has 0 spiro atoms. The van der Waals surface area contributed by atoms with Gasteiger partial charge in [-0.2, -0.15) is 4.31 Å². The third kappa shape index (κ3) is 5.21. The molecule has 6 nitrogen and oxygen atoms in total. The number of hydrogen-bond acceptors (Lipinski definition) is 4. The highest BCUT2D eigenvalue weighted by Gasteiger charge is 2.26. The number of benzene rings is 2. The Balaban J connectivity index is 1.77. The zero-order chi connectivity index (χ0) is 20.2. The fourth-order valence-electron chi connectivity index (χ4n) is 3.02. The number of anilines is 1. The minimum absolute atomic E-state index is 0.0946. The predicted molar refractivity (Wildman–Crippen MR) is 112 cm³/mol. The van der Waals surface area contributed by atoms with Gasteiger partial charge in [-0.3, -0.25) is 4.72 Å². The van der Waals surface area contributed by atoms with Crippen molar-refractivity contribution in [2.45, 2.75) is 31.1 Å². The third-order valence-corrected chi connectivity index (χ3v) is 7.47. The van der Waals surface area contributed by atoms with E-state index in [1.807, 2.05) is 31.2 Å². The van der Waals surface area contributed by atoms with Gasteiger partial charge in [-0.1, -0.05) is 42.3 Å². The van der Waals surface area contributed by atoms with E-state index in [1.165, 1.54) is 28.6 Å². The molecule has 0 atom stereocenters. The van der Waals surface area contributed by atoms with Gasteiger partial charge in [0.2, 0.25) is 10.0 Å². The van der Waals surface area contributed by atoms with Crippen molar-refractivity contribution in [3.05, 3.63) is 65.1 Å². The first-order valence-electron chi connectivity index (χ1n) is 9.14. The first kappa shape index (κ1) is 20.6. The Morgan fingerprint density at radius 2 is 1.61 bits per heavy atom. The van der Waals surface area contributed by atoms with Crippen molar-refractivity contribution in [2.75, 3.05) is 17.8 Å². The molecule has 2 aromatic carbocycles. The minimum Gasteiger partial charge on any atom is -0.280 e. The lowest BCUT2D eigenvalue weighted by Crippen LogP contribution is -2.35. The van der Waals surface area contributed by atoms with Crippen molar-refractivity contribution in [1.82, 2.24) is 4.31 Å². The van der Waals surface area contributed by atoms with E-state index >= 15 is 0 Å². The van der Waals surface area contributed by atoms with Crippen LogP contribution in [0.4, 0.5) is 5.69 Å². The summed E-state index contributed by atoms with van der Waals surface area (Å²) in [5.41, 5.74) is 2.06. The van der Waals surface area contributed by atoms with Crippen molar-refractivity contribution in [3.63, 3.8) is 0 Å². The van der Waals surface area contributed by atoms with Crippen molar-refractivity contribution in [2.24, 2.45) is 0 Å². The van der Waals surface area contributed by atoms with Gasteiger partial charge in [0.25, 0.3) is 10.0 Å². The molecule has 8 heteroatoms. The number of hydrogen-bond donors (Lipinski definition) is 1. The Morgan fingerprint density at radius 3 is 2.29 bits per heavy atom. The Hall–Kier alpha value is -2.16. The summed E-state index contributed by atoms with van der Waals surface area (Å²) in [4.78, 5) is 0.0946. The number of aryl methyl sites for hydroxylation is 1. The van der Waals surface area contributed by atoms with Crippen LogP contribution in [0.15, 0.2) is 58.8 Å². The highest BCUT2D eigenvalue weighted by Crippen LogP contribution is 2.23. The van der Waals surface area contributed by atoms with Crippen LogP contribution in [0.3, 0.4) is 0 Å². The van der Waals surface area contributed by atoms with Gasteiger partial charge in [0.15, 0.2) is 0 Å². The average Bonchev–Trinajstić information content (AvgIpc) is 2.68. The predicted octanol–water partition coefficient (Wildman–Crippen LogP) is 3.58. The van der Waals surface area contributed by atoms with Crippen LogP contribution in [0, 0.1) is 6.92 Å². The zero-order valence-corrected chi connectivity index (χ0v) is 17.3. The van der Waals surface area contributed by atoms with Crippen LogP contribution in [-0.4, -0.2) is 34.2 Å². The second-order valence-corrected chi connectivity index (χ2v) is 10.4. The van der Waals surface area contributed by atoms with Crippen molar-refractivity contribution in [3.8, 4) is 0 Å². The molecular formula is C20H24N2O4S2. The van der Waals surface area contributed by atoms with E-state index in [4.69, 9.17) is 0 Å². The normalized spacial score (nSPS) is 16.3. The monoisotopic (exact) mass is 420 g/mol. The lowest BCUT2D eigenvalue weighted by atomic mass is 10.2. The number of nitrogens with zero attached hydrogens (tertiary/aromatic N) is 1. The molecule has 0 radical (unpaired) electrons.